The molecule has 1 N–H and O–H groups in total. The molecule has 1 amide bonds. The van der Waals surface area contributed by atoms with Crippen molar-refractivity contribution in [2.75, 3.05) is 0 Å². The van der Waals surface area contributed by atoms with Gasteiger partial charge < -0.3 is 9.84 Å². The van der Waals surface area contributed by atoms with E-state index in [4.69, 9.17) is 4.52 Å². The Kier molecular flexibility index (Phi) is 3.83. The minimum atomic E-state index is -0.317. The van der Waals surface area contributed by atoms with Crippen LogP contribution < -0.4 is 10.9 Å². The van der Waals surface area contributed by atoms with E-state index in [1.807, 2.05) is 12.1 Å². The molecule has 1 aliphatic rings. The van der Waals surface area contributed by atoms with Gasteiger partial charge >= 0.3 is 0 Å². The maximum Gasteiger partial charge on any atom is 0.267 e. The monoisotopic (exact) mass is 338 g/mol. The molecule has 0 bridgehead atoms. The van der Waals surface area contributed by atoms with Gasteiger partial charge in [-0.15, -0.1) is 0 Å². The predicted octanol–water partition coefficient (Wildman–Crippen LogP) is 1.89. The van der Waals surface area contributed by atoms with Crippen LogP contribution in [-0.2, 0) is 17.8 Å². The number of nitrogens with one attached hydrogen (secondary N) is 1. The Hall–Kier alpha value is -2.96. The zero-order chi connectivity index (χ0) is 17.4. The van der Waals surface area contributed by atoms with E-state index in [0.717, 1.165) is 24.8 Å². The second kappa shape index (κ2) is 6.16. The summed E-state index contributed by atoms with van der Waals surface area (Å²) >= 11 is 0. The Morgan fingerprint density at radius 1 is 1.40 bits per heavy atom. The molecule has 0 saturated heterocycles. The van der Waals surface area contributed by atoms with Gasteiger partial charge in [-0.2, -0.15) is 0 Å². The molecule has 2 aromatic heterocycles. The lowest BCUT2D eigenvalue weighted by molar-refractivity contribution is -0.122. The zero-order valence-electron chi connectivity index (χ0n) is 13.9. The summed E-state index contributed by atoms with van der Waals surface area (Å²) in [4.78, 5) is 29.0. The van der Waals surface area contributed by atoms with E-state index in [9.17, 15) is 9.59 Å². The van der Waals surface area contributed by atoms with E-state index in [2.05, 4.69) is 27.6 Å². The fourth-order valence-corrected chi connectivity index (χ4v) is 3.42. The van der Waals surface area contributed by atoms with Gasteiger partial charge in [0.15, 0.2) is 0 Å². The van der Waals surface area contributed by atoms with Crippen LogP contribution in [0.25, 0.3) is 11.1 Å². The smallest absolute Gasteiger partial charge is 0.267 e. The molecule has 7 nitrogen and oxygen atoms in total. The van der Waals surface area contributed by atoms with Crippen LogP contribution in [0.5, 0.6) is 0 Å². The molecule has 1 aliphatic carbocycles. The summed E-state index contributed by atoms with van der Waals surface area (Å²) in [5.41, 5.74) is 2.80. The van der Waals surface area contributed by atoms with Gasteiger partial charge in [0.25, 0.3) is 11.3 Å². The Morgan fingerprint density at radius 2 is 2.24 bits per heavy atom. The third-order valence-electron chi connectivity index (χ3n) is 4.65. The number of aryl methyl sites for hydroxylation is 2. The SMILES string of the molecule is Cc1noc2ncn(CC(=O)N[C@H]3CCCc4ccccc43)c(=O)c12. The number of hydrogen-bond acceptors (Lipinski definition) is 5. The van der Waals surface area contributed by atoms with E-state index < -0.39 is 0 Å². The maximum atomic E-state index is 12.5. The number of carbonyl (C=O) groups excluding carboxylic acids is 1. The van der Waals surface area contributed by atoms with Crippen LogP contribution in [0, 0.1) is 6.92 Å². The van der Waals surface area contributed by atoms with Gasteiger partial charge in [-0.3, -0.25) is 14.2 Å². The summed E-state index contributed by atoms with van der Waals surface area (Å²) in [5, 5.41) is 7.10. The van der Waals surface area contributed by atoms with Crippen LogP contribution in [0.2, 0.25) is 0 Å². The average Bonchev–Trinajstić information content (AvgIpc) is 2.99. The van der Waals surface area contributed by atoms with Gasteiger partial charge in [0.1, 0.15) is 18.3 Å². The van der Waals surface area contributed by atoms with Gasteiger partial charge in [0, 0.05) is 0 Å². The topological polar surface area (TPSA) is 90.0 Å². The molecular weight excluding hydrogens is 320 g/mol. The first-order valence-electron chi connectivity index (χ1n) is 8.32. The van der Waals surface area contributed by atoms with Crippen molar-refractivity contribution < 1.29 is 9.32 Å². The van der Waals surface area contributed by atoms with Crippen LogP contribution in [0.1, 0.15) is 35.7 Å². The van der Waals surface area contributed by atoms with E-state index in [1.165, 1.54) is 16.5 Å². The molecule has 7 heteroatoms. The number of nitrogens with zero attached hydrogens (tertiary/aromatic N) is 3. The van der Waals surface area contributed by atoms with Gasteiger partial charge in [-0.25, -0.2) is 4.98 Å². The second-order valence-electron chi connectivity index (χ2n) is 6.34. The average molecular weight is 338 g/mol. The fourth-order valence-electron chi connectivity index (χ4n) is 3.42. The highest BCUT2D eigenvalue weighted by molar-refractivity contribution is 5.78. The molecule has 25 heavy (non-hydrogen) atoms. The van der Waals surface area contributed by atoms with Crippen molar-refractivity contribution in [3.63, 3.8) is 0 Å². The summed E-state index contributed by atoms with van der Waals surface area (Å²) < 4.78 is 6.26. The van der Waals surface area contributed by atoms with Gasteiger partial charge in [0.05, 0.1) is 11.7 Å². The third-order valence-corrected chi connectivity index (χ3v) is 4.65. The van der Waals surface area contributed by atoms with E-state index in [0.29, 0.717) is 11.1 Å². The summed E-state index contributed by atoms with van der Waals surface area (Å²) in [6.07, 6.45) is 4.30. The number of carbonyl (C=O) groups is 1. The summed E-state index contributed by atoms with van der Waals surface area (Å²) in [6.45, 7) is 1.60. The molecule has 3 aromatic rings. The lowest BCUT2D eigenvalue weighted by atomic mass is 9.88. The highest BCUT2D eigenvalue weighted by Gasteiger charge is 2.22. The molecule has 1 atom stereocenters. The fraction of sp³-hybridized carbons (Fsp3) is 0.333. The van der Waals surface area contributed by atoms with Crippen LogP contribution in [0.15, 0.2) is 39.9 Å². The van der Waals surface area contributed by atoms with E-state index in [1.54, 1.807) is 6.92 Å². The molecule has 1 aromatic carbocycles. The minimum absolute atomic E-state index is 0.0119. The summed E-state index contributed by atoms with van der Waals surface area (Å²) in [5.74, 6) is -0.209. The first kappa shape index (κ1) is 15.6. The highest BCUT2D eigenvalue weighted by atomic mass is 16.5. The molecule has 2 heterocycles. The van der Waals surface area contributed by atoms with Crippen molar-refractivity contribution in [2.45, 2.75) is 38.8 Å². The molecule has 128 valence electrons. The lowest BCUT2D eigenvalue weighted by Crippen LogP contribution is -2.36. The van der Waals surface area contributed by atoms with Crippen molar-refractivity contribution in [3.8, 4) is 0 Å². The first-order chi connectivity index (χ1) is 12.1. The Labute approximate surface area is 143 Å². The predicted molar refractivity (Wildman–Crippen MR) is 91.1 cm³/mol. The molecule has 0 aliphatic heterocycles. The third kappa shape index (κ3) is 2.82. The quantitative estimate of drug-likeness (QED) is 0.787. The molecule has 4 rings (SSSR count). The highest BCUT2D eigenvalue weighted by Crippen LogP contribution is 2.29. The number of hydrogen-bond donors (Lipinski definition) is 1. The second-order valence-corrected chi connectivity index (χ2v) is 6.34. The van der Waals surface area contributed by atoms with Crippen molar-refractivity contribution in [1.29, 1.82) is 0 Å². The van der Waals surface area contributed by atoms with Crippen molar-refractivity contribution in [2.24, 2.45) is 0 Å². The maximum absolute atomic E-state index is 12.5. The van der Waals surface area contributed by atoms with Crippen LogP contribution in [-0.4, -0.2) is 20.6 Å². The Bertz CT molecular complexity index is 1000. The van der Waals surface area contributed by atoms with Gasteiger partial charge in [-0.05, 0) is 37.3 Å². The van der Waals surface area contributed by atoms with Crippen molar-refractivity contribution >= 4 is 17.0 Å². The Balaban J connectivity index is 1.55. The van der Waals surface area contributed by atoms with Crippen LogP contribution in [0.3, 0.4) is 0 Å². The number of rotatable bonds is 3. The molecule has 0 saturated carbocycles. The molecule has 0 radical (unpaired) electrons. The van der Waals surface area contributed by atoms with E-state index in [-0.39, 0.29) is 29.8 Å². The minimum Gasteiger partial charge on any atom is -0.348 e. The van der Waals surface area contributed by atoms with E-state index >= 15 is 0 Å². The molecule has 0 fully saturated rings. The largest absolute Gasteiger partial charge is 0.348 e. The van der Waals surface area contributed by atoms with Crippen LogP contribution in [0.4, 0.5) is 0 Å². The normalized spacial score (nSPS) is 16.6. The number of amides is 1. The number of aromatic nitrogens is 3. The number of benzene rings is 1. The molecule has 0 unspecified atom stereocenters. The first-order valence-corrected chi connectivity index (χ1v) is 8.32. The lowest BCUT2D eigenvalue weighted by Gasteiger charge is -2.26. The Morgan fingerprint density at radius 3 is 3.12 bits per heavy atom. The van der Waals surface area contributed by atoms with Gasteiger partial charge in [0.2, 0.25) is 5.91 Å². The standard InChI is InChI=1S/C18H18N4O3/c1-11-16-17(25-21-11)19-10-22(18(16)24)9-15(23)20-14-8-4-6-12-5-2-3-7-13(12)14/h2-3,5,7,10,14H,4,6,8-9H2,1H3,(H,20,23)/t14-/m0/s1. The van der Waals surface area contributed by atoms with Gasteiger partial charge in [-0.1, -0.05) is 29.4 Å². The zero-order valence-corrected chi connectivity index (χ0v) is 13.9. The van der Waals surface area contributed by atoms with Crippen molar-refractivity contribution in [3.05, 3.63) is 57.8 Å². The summed E-state index contributed by atoms with van der Waals surface area (Å²) in [7, 11) is 0. The molecule has 0 spiro atoms. The van der Waals surface area contributed by atoms with Crippen LogP contribution >= 0.6 is 0 Å². The summed E-state index contributed by atoms with van der Waals surface area (Å²) in [6, 6.07) is 8.15. The molecular formula is C18H18N4O3. The number of fused-ring (bicyclic) bond motifs is 2. The van der Waals surface area contributed by atoms with Crippen molar-refractivity contribution in [1.82, 2.24) is 20.0 Å².